The fraction of sp³-hybridized carbons (Fsp3) is 0. The molecule has 11 nitrogen and oxygen atoms in total. The second-order valence-corrected chi connectivity index (χ2v) is 1.15. The Morgan fingerprint density at radius 1 is 0.556 bits per heavy atom. The van der Waals surface area contributed by atoms with E-state index >= 15 is 0 Å². The quantitative estimate of drug-likeness (QED) is 0.297. The first-order chi connectivity index (χ1) is 5.29. The second-order valence-electron chi connectivity index (χ2n) is 1.15. The summed E-state index contributed by atoms with van der Waals surface area (Å²) in [5.41, 5.74) is 0. The summed E-state index contributed by atoms with van der Waals surface area (Å²) in [6, 6.07) is 0. The number of carbonyl (C=O) groups excluding carboxylic acids is 4. The van der Waals surface area contributed by atoms with Crippen molar-refractivity contribution in [2.45, 2.75) is 0 Å². The van der Waals surface area contributed by atoms with Crippen LogP contribution < -0.4 is 123 Å². The average molecular weight is 354 g/mol. The van der Waals surface area contributed by atoms with Crippen LogP contribution in [0.5, 0.6) is 0 Å². The Morgan fingerprint density at radius 2 is 0.611 bits per heavy atom. The minimum atomic E-state index is -2.19. The molecule has 18 heavy (non-hydrogen) atoms. The first-order valence-corrected chi connectivity index (χ1v) is 2.13. The van der Waals surface area contributed by atoms with Gasteiger partial charge in [0.15, 0.2) is 0 Å². The molecular formula is C4H4K2O11Ti. The summed E-state index contributed by atoms with van der Waals surface area (Å²) < 4.78 is 0. The summed E-state index contributed by atoms with van der Waals surface area (Å²) in [5, 5.41) is 35.7. The van der Waals surface area contributed by atoms with E-state index in [1.165, 1.54) is 0 Å². The molecule has 0 fully saturated rings. The van der Waals surface area contributed by atoms with Gasteiger partial charge in [-0.25, -0.2) is 0 Å². The monoisotopic (exact) mass is 354 g/mol. The maximum atomic E-state index is 8.93. The molecule has 14 heteroatoms. The summed E-state index contributed by atoms with van der Waals surface area (Å²) >= 11 is 0. The van der Waals surface area contributed by atoms with Crippen molar-refractivity contribution in [1.82, 2.24) is 0 Å². The zero-order chi connectivity index (χ0) is 10.3. The van der Waals surface area contributed by atoms with E-state index in [1.807, 2.05) is 0 Å². The van der Waals surface area contributed by atoms with Crippen LogP contribution in [0.25, 0.3) is 0 Å². The van der Waals surface area contributed by atoms with Gasteiger partial charge in [0.2, 0.25) is 0 Å². The van der Waals surface area contributed by atoms with Crippen LogP contribution in [0.15, 0.2) is 0 Å². The topological polar surface area (TPSA) is 252 Å². The van der Waals surface area contributed by atoms with Crippen LogP contribution in [-0.4, -0.2) is 34.8 Å². The Bertz CT molecular complexity index is 183. The summed E-state index contributed by atoms with van der Waals surface area (Å²) in [6.45, 7) is 0. The standard InChI is InChI=1S/2C2H2O4.2K.2H2O.O.Ti/c2*3-1(4)2(5)6;;;;;;/h2*(H,3,4)(H,5,6);;;2*1H2;;/q;;2*+1;;;;+2/p-4. The molecule has 92 valence electrons. The number of aliphatic carboxylic acids is 4. The van der Waals surface area contributed by atoms with E-state index in [2.05, 4.69) is 0 Å². The van der Waals surface area contributed by atoms with Crippen molar-refractivity contribution in [3.63, 3.8) is 0 Å². The molecule has 0 heterocycles. The molecule has 0 saturated carbocycles. The van der Waals surface area contributed by atoms with Gasteiger partial charge in [0.1, 0.15) is 0 Å². The predicted octanol–water partition coefficient (Wildman–Crippen LogP) is -14.8. The van der Waals surface area contributed by atoms with Gasteiger partial charge < -0.3 is 50.6 Å². The van der Waals surface area contributed by atoms with Crippen LogP contribution in [0.2, 0.25) is 0 Å². The molecule has 0 rings (SSSR count). The van der Waals surface area contributed by atoms with Crippen molar-refractivity contribution < 1.29 is 181 Å². The summed E-state index contributed by atoms with van der Waals surface area (Å²) in [5.74, 6) is -8.74. The van der Waals surface area contributed by atoms with Gasteiger partial charge in [-0.05, 0) is 0 Å². The molecule has 0 aliphatic carbocycles. The number of carboxylic acid groups (broad SMARTS) is 4. The average Bonchev–Trinajstić information content (AvgIpc) is 1.88. The summed E-state index contributed by atoms with van der Waals surface area (Å²) in [4.78, 5) is 35.7. The first-order valence-electron chi connectivity index (χ1n) is 2.13. The SMILES string of the molecule is O.O.O=C([O-])C(=O)[O-].O=C([O-])C(=O)[O-].[K+].[K+].[O].[Ti+2]. The van der Waals surface area contributed by atoms with E-state index in [0.29, 0.717) is 0 Å². The minimum absolute atomic E-state index is 0. The zero-order valence-corrected chi connectivity index (χ0v) is 17.0. The van der Waals surface area contributed by atoms with Crippen molar-refractivity contribution in [2.75, 3.05) is 0 Å². The molecule has 0 amide bonds. The molecule has 4 N–H and O–H groups in total. The van der Waals surface area contributed by atoms with Gasteiger partial charge in [-0.15, -0.1) is 0 Å². The molecule has 0 aliphatic heterocycles. The van der Waals surface area contributed by atoms with E-state index < -0.39 is 23.9 Å². The smallest absolute Gasteiger partial charge is 0.543 e. The molecule has 0 atom stereocenters. The normalized spacial score (nSPS) is 4.89. The van der Waals surface area contributed by atoms with Crippen LogP contribution in [0.3, 0.4) is 0 Å². The van der Waals surface area contributed by atoms with Crippen LogP contribution in [0.4, 0.5) is 0 Å². The van der Waals surface area contributed by atoms with Crippen LogP contribution in [0, 0.1) is 0 Å². The summed E-state index contributed by atoms with van der Waals surface area (Å²) in [7, 11) is 0. The third-order valence-corrected chi connectivity index (χ3v) is 0.333. The molecule has 0 aliphatic rings. The van der Waals surface area contributed by atoms with Crippen molar-refractivity contribution in [1.29, 1.82) is 0 Å². The third-order valence-electron chi connectivity index (χ3n) is 0.333. The van der Waals surface area contributed by atoms with E-state index in [-0.39, 0.29) is 141 Å². The Morgan fingerprint density at radius 3 is 0.611 bits per heavy atom. The van der Waals surface area contributed by atoms with E-state index in [4.69, 9.17) is 39.6 Å². The molecule has 0 aromatic rings. The van der Waals surface area contributed by atoms with E-state index in [9.17, 15) is 0 Å². The molecule has 2 radical (unpaired) electrons. The molecule has 0 aromatic heterocycles. The van der Waals surface area contributed by atoms with Gasteiger partial charge >= 0.3 is 124 Å². The number of carbonyl (C=O) groups is 4. The van der Waals surface area contributed by atoms with Crippen LogP contribution in [-0.2, 0) is 46.4 Å². The third kappa shape index (κ3) is 52.4. The molecule has 0 bridgehead atoms. The number of carboxylic acids is 4. The maximum Gasteiger partial charge on any atom is 2.00 e. The molecular weight excluding hydrogens is 350 g/mol. The Labute approximate surface area is 200 Å². The maximum absolute atomic E-state index is 8.93. The fourth-order valence-electron chi connectivity index (χ4n) is 0. The van der Waals surface area contributed by atoms with Crippen LogP contribution in [0.1, 0.15) is 0 Å². The Kier molecular flexibility index (Phi) is 87.3. The van der Waals surface area contributed by atoms with Gasteiger partial charge in [0.25, 0.3) is 0 Å². The molecule has 0 spiro atoms. The van der Waals surface area contributed by atoms with Gasteiger partial charge in [0.05, 0.1) is 23.9 Å². The van der Waals surface area contributed by atoms with Crippen molar-refractivity contribution in [3.8, 4) is 0 Å². The second kappa shape index (κ2) is 31.2. The number of hydrogen-bond donors (Lipinski definition) is 0. The largest absolute Gasteiger partial charge is 2.00 e. The molecule has 0 unspecified atom stereocenters. The van der Waals surface area contributed by atoms with Crippen molar-refractivity contribution in [2.24, 2.45) is 0 Å². The molecule has 0 saturated heterocycles. The number of rotatable bonds is 0. The van der Waals surface area contributed by atoms with Crippen LogP contribution >= 0.6 is 0 Å². The Hall–Kier alpha value is 1.75. The van der Waals surface area contributed by atoms with E-state index in [0.717, 1.165) is 0 Å². The van der Waals surface area contributed by atoms with Gasteiger partial charge in [-0.3, -0.25) is 0 Å². The van der Waals surface area contributed by atoms with Gasteiger partial charge in [-0.1, -0.05) is 0 Å². The van der Waals surface area contributed by atoms with E-state index in [1.54, 1.807) is 0 Å². The zero-order valence-electron chi connectivity index (χ0n) is 9.17. The first kappa shape index (κ1) is 50.3. The molecule has 0 aromatic carbocycles. The fourth-order valence-corrected chi connectivity index (χ4v) is 0. The van der Waals surface area contributed by atoms with Crippen molar-refractivity contribution >= 4 is 23.9 Å². The number of hydrogen-bond acceptors (Lipinski definition) is 8. The van der Waals surface area contributed by atoms with Gasteiger partial charge in [0, 0.05) is 5.48 Å². The minimum Gasteiger partial charge on any atom is -0.543 e. The van der Waals surface area contributed by atoms with Crippen molar-refractivity contribution in [3.05, 3.63) is 0 Å². The predicted molar refractivity (Wildman–Crippen MR) is 27.9 cm³/mol. The summed E-state index contributed by atoms with van der Waals surface area (Å²) in [6.07, 6.45) is 0. The Balaban J connectivity index is -0.0000000139. The van der Waals surface area contributed by atoms with Gasteiger partial charge in [-0.2, -0.15) is 0 Å².